The van der Waals surface area contributed by atoms with Crippen molar-refractivity contribution in [3.63, 3.8) is 0 Å². The minimum Gasteiger partial charge on any atom is -0.480 e. The van der Waals surface area contributed by atoms with Crippen molar-refractivity contribution < 1.29 is 47.1 Å². The Hall–Kier alpha value is -5.30. The Morgan fingerprint density at radius 2 is 1.26 bits per heavy atom. The van der Waals surface area contributed by atoms with Crippen molar-refractivity contribution in [1.82, 2.24) is 26.0 Å². The first-order valence-corrected chi connectivity index (χ1v) is 20.9. The van der Waals surface area contributed by atoms with E-state index < -0.39 is 87.4 Å². The number of hydrogen-bond donors (Lipinski definition) is 8. The van der Waals surface area contributed by atoms with Gasteiger partial charge in [-0.05, 0) is 49.7 Å². The van der Waals surface area contributed by atoms with Crippen LogP contribution in [0.2, 0.25) is 0 Å². The molecule has 0 aliphatic rings. The van der Waals surface area contributed by atoms with Crippen LogP contribution in [0.5, 0.6) is 0 Å². The molecular weight excluding hydrogens is 773 g/mol. The summed E-state index contributed by atoms with van der Waals surface area (Å²) in [6, 6.07) is 5.36. The standard InChI is InChI=1S/C39H60N8O10S/c1-7-24(4)35(38(53)45-34(23(2)3)39(54)55)46-37(52)28(19-21-32(41)49)44-36(51)27(18-20-31(40)48)43-33(50)17-9-8-10-22-42-58(56,57)30-16-12-13-25-26(30)14-11-15-29(25)47(5)6/h11-16,23-24,27-28,34-35,42H,7-10,17-22H2,1-6H3,(H2,40,48)(H2,41,49)(H,43,50)(H,44,51)(H,45,53)(H,46,52)(H,54,55)/t24-,27-,28-,34-,35-/m0/s1. The predicted octanol–water partition coefficient (Wildman–Crippen LogP) is 1.00. The molecule has 58 heavy (non-hydrogen) atoms. The molecule has 0 unspecified atom stereocenters. The number of primary amides is 2. The SMILES string of the molecule is CC[C@H](C)[C@H](NC(=O)[C@H](CCC(N)=O)NC(=O)[C@H](CCC(N)=O)NC(=O)CCCCCNS(=O)(=O)c1cccc2c(N(C)C)cccc12)C(=O)N[C@H](C(=O)O)C(C)C. The van der Waals surface area contributed by atoms with Gasteiger partial charge in [0.05, 0.1) is 4.90 Å². The van der Waals surface area contributed by atoms with Crippen LogP contribution in [0.1, 0.15) is 85.5 Å². The molecule has 0 aliphatic carbocycles. The first kappa shape index (κ1) is 48.8. The molecule has 0 saturated carbocycles. The molecule has 0 saturated heterocycles. The number of nitrogens with two attached hydrogens (primary N) is 2. The molecule has 0 aromatic heterocycles. The Morgan fingerprint density at radius 1 is 0.707 bits per heavy atom. The van der Waals surface area contributed by atoms with Gasteiger partial charge < -0.3 is 42.7 Å². The summed E-state index contributed by atoms with van der Waals surface area (Å²) < 4.78 is 29.1. The molecule has 10 N–H and O–H groups in total. The van der Waals surface area contributed by atoms with Crippen molar-refractivity contribution in [2.24, 2.45) is 23.3 Å². The third-order valence-corrected chi connectivity index (χ3v) is 11.2. The highest BCUT2D eigenvalue weighted by Crippen LogP contribution is 2.30. The number of amides is 6. The number of hydrogen-bond acceptors (Lipinski definition) is 10. The van der Waals surface area contributed by atoms with Crippen molar-refractivity contribution in [3.8, 4) is 0 Å². The van der Waals surface area contributed by atoms with Crippen LogP contribution in [0.15, 0.2) is 41.3 Å². The molecule has 0 radical (unpaired) electrons. The van der Waals surface area contributed by atoms with Gasteiger partial charge in [0.25, 0.3) is 0 Å². The third-order valence-electron chi connectivity index (χ3n) is 9.67. The molecule has 19 heteroatoms. The minimum atomic E-state index is -3.85. The first-order chi connectivity index (χ1) is 27.2. The van der Waals surface area contributed by atoms with Crippen LogP contribution < -0.4 is 42.4 Å². The highest BCUT2D eigenvalue weighted by atomic mass is 32.2. The summed E-state index contributed by atoms with van der Waals surface area (Å²) in [6.07, 6.45) is 0.453. The van der Waals surface area contributed by atoms with Crippen molar-refractivity contribution in [1.29, 1.82) is 0 Å². The Morgan fingerprint density at radius 3 is 1.81 bits per heavy atom. The highest BCUT2D eigenvalue weighted by Gasteiger charge is 2.34. The lowest BCUT2D eigenvalue weighted by molar-refractivity contribution is -0.144. The highest BCUT2D eigenvalue weighted by molar-refractivity contribution is 7.89. The topological polar surface area (TPSA) is 289 Å². The molecule has 0 fully saturated rings. The van der Waals surface area contributed by atoms with E-state index in [1.807, 2.05) is 31.1 Å². The van der Waals surface area contributed by atoms with Crippen molar-refractivity contribution in [2.75, 3.05) is 25.5 Å². The Labute approximate surface area is 340 Å². The smallest absolute Gasteiger partial charge is 0.326 e. The van der Waals surface area contributed by atoms with E-state index in [-0.39, 0.29) is 43.5 Å². The number of nitrogens with zero attached hydrogens (tertiary/aromatic N) is 1. The van der Waals surface area contributed by atoms with E-state index in [2.05, 4.69) is 26.0 Å². The van der Waals surface area contributed by atoms with E-state index in [1.54, 1.807) is 52.0 Å². The Bertz CT molecular complexity index is 1890. The zero-order valence-corrected chi connectivity index (χ0v) is 34.9. The average molecular weight is 833 g/mol. The van der Waals surface area contributed by atoms with Gasteiger partial charge in [-0.1, -0.05) is 64.8 Å². The lowest BCUT2D eigenvalue weighted by atomic mass is 9.96. The summed E-state index contributed by atoms with van der Waals surface area (Å²) in [5.74, 6) is -6.75. The molecule has 2 aromatic rings. The first-order valence-electron chi connectivity index (χ1n) is 19.4. The number of fused-ring (bicyclic) bond motifs is 1. The Balaban J connectivity index is 2.08. The molecule has 0 bridgehead atoms. The summed E-state index contributed by atoms with van der Waals surface area (Å²) in [7, 11) is -0.0989. The molecule has 0 aliphatic heterocycles. The molecule has 0 heterocycles. The van der Waals surface area contributed by atoms with E-state index in [9.17, 15) is 47.1 Å². The second kappa shape index (κ2) is 23.2. The van der Waals surface area contributed by atoms with Crippen LogP contribution in [0.4, 0.5) is 5.69 Å². The number of nitrogens with one attached hydrogen (secondary N) is 5. The van der Waals surface area contributed by atoms with Gasteiger partial charge in [-0.3, -0.25) is 28.8 Å². The van der Waals surface area contributed by atoms with Crippen LogP contribution in [0.25, 0.3) is 10.8 Å². The largest absolute Gasteiger partial charge is 0.480 e. The second-order valence-corrected chi connectivity index (χ2v) is 16.6. The minimum absolute atomic E-state index is 0.0469. The fraction of sp³-hybridized carbons (Fsp3) is 0.564. The number of carbonyl (C=O) groups is 7. The van der Waals surface area contributed by atoms with Crippen molar-refractivity contribution in [3.05, 3.63) is 36.4 Å². The molecule has 322 valence electrons. The summed E-state index contributed by atoms with van der Waals surface area (Å²) in [5.41, 5.74) is 11.5. The fourth-order valence-electron chi connectivity index (χ4n) is 6.12. The van der Waals surface area contributed by atoms with E-state index in [1.165, 1.54) is 0 Å². The summed E-state index contributed by atoms with van der Waals surface area (Å²) in [6.45, 7) is 6.78. The van der Waals surface area contributed by atoms with Gasteiger partial charge in [0.2, 0.25) is 45.5 Å². The lowest BCUT2D eigenvalue weighted by Crippen LogP contribution is -2.59. The zero-order valence-electron chi connectivity index (χ0n) is 34.1. The number of carbonyl (C=O) groups excluding carboxylic acids is 6. The monoisotopic (exact) mass is 832 g/mol. The normalized spacial score (nSPS) is 14.1. The van der Waals surface area contributed by atoms with Crippen LogP contribution in [0, 0.1) is 11.8 Å². The molecule has 18 nitrogen and oxygen atoms in total. The molecular formula is C39H60N8O10S. The quantitative estimate of drug-likeness (QED) is 0.0619. The van der Waals surface area contributed by atoms with Crippen LogP contribution in [-0.4, -0.2) is 99.7 Å². The van der Waals surface area contributed by atoms with Gasteiger partial charge in [-0.25, -0.2) is 17.9 Å². The van der Waals surface area contributed by atoms with Crippen LogP contribution >= 0.6 is 0 Å². The molecule has 6 amide bonds. The number of aliphatic carboxylic acids is 1. The number of carboxylic acid groups (broad SMARTS) is 1. The van der Waals surface area contributed by atoms with Crippen LogP contribution in [0.3, 0.4) is 0 Å². The summed E-state index contributed by atoms with van der Waals surface area (Å²) >= 11 is 0. The lowest BCUT2D eigenvalue weighted by Gasteiger charge is -2.29. The van der Waals surface area contributed by atoms with Gasteiger partial charge in [0.1, 0.15) is 24.2 Å². The van der Waals surface area contributed by atoms with Gasteiger partial charge >= 0.3 is 5.97 Å². The van der Waals surface area contributed by atoms with E-state index >= 15 is 0 Å². The number of unbranched alkanes of at least 4 members (excludes halogenated alkanes) is 2. The maximum absolute atomic E-state index is 13.6. The molecule has 2 rings (SSSR count). The Kier molecular flexibility index (Phi) is 19.5. The van der Waals surface area contributed by atoms with Crippen LogP contribution in [-0.2, 0) is 43.6 Å². The van der Waals surface area contributed by atoms with Crippen molar-refractivity contribution >= 4 is 67.9 Å². The summed E-state index contributed by atoms with van der Waals surface area (Å²) in [4.78, 5) is 90.4. The fourth-order valence-corrected chi connectivity index (χ4v) is 7.42. The van der Waals surface area contributed by atoms with Crippen molar-refractivity contribution in [2.45, 2.75) is 115 Å². The molecule has 2 aromatic carbocycles. The van der Waals surface area contributed by atoms with Gasteiger partial charge in [0, 0.05) is 56.4 Å². The zero-order chi connectivity index (χ0) is 43.7. The molecule has 0 spiro atoms. The second-order valence-electron chi connectivity index (χ2n) is 14.9. The number of carboxylic acids is 1. The number of anilines is 1. The van der Waals surface area contributed by atoms with E-state index in [0.717, 1.165) is 11.1 Å². The number of benzene rings is 2. The number of rotatable bonds is 26. The third kappa shape index (κ3) is 15.2. The predicted molar refractivity (Wildman–Crippen MR) is 218 cm³/mol. The maximum Gasteiger partial charge on any atom is 0.326 e. The van der Waals surface area contributed by atoms with Gasteiger partial charge in [-0.2, -0.15) is 0 Å². The number of sulfonamides is 1. The van der Waals surface area contributed by atoms with Gasteiger partial charge in [0.15, 0.2) is 0 Å². The molecule has 5 atom stereocenters. The van der Waals surface area contributed by atoms with E-state index in [0.29, 0.717) is 31.1 Å². The maximum atomic E-state index is 13.6. The average Bonchev–Trinajstić information content (AvgIpc) is 3.15. The van der Waals surface area contributed by atoms with Gasteiger partial charge in [-0.15, -0.1) is 0 Å². The van der Waals surface area contributed by atoms with E-state index in [4.69, 9.17) is 11.5 Å². The summed E-state index contributed by atoms with van der Waals surface area (Å²) in [5, 5.41) is 21.0.